The molecule has 39 heavy (non-hydrogen) atoms. The zero-order valence-corrected chi connectivity index (χ0v) is 22.4. The molecule has 0 aliphatic carbocycles. The van der Waals surface area contributed by atoms with Gasteiger partial charge in [0.25, 0.3) is 0 Å². The third-order valence-electron chi connectivity index (χ3n) is 7.92. The van der Waals surface area contributed by atoms with Crippen molar-refractivity contribution in [2.75, 3.05) is 67.6 Å². The molecule has 3 atom stereocenters. The van der Waals surface area contributed by atoms with E-state index >= 15 is 0 Å². The number of ether oxygens (including phenoxy) is 1. The predicted molar refractivity (Wildman–Crippen MR) is 144 cm³/mol. The molecular formula is C28H36F3N5O3. The average Bonchev–Trinajstić information content (AvgIpc) is 3.50. The number of nitrogens with one attached hydrogen (secondary N) is 1. The average molecular weight is 548 g/mol. The molecule has 8 nitrogen and oxygen atoms in total. The van der Waals surface area contributed by atoms with Crippen LogP contribution in [0.25, 0.3) is 11.1 Å². The number of nitrogens with zero attached hydrogens (tertiary/aromatic N) is 4. The molecule has 11 heteroatoms. The third-order valence-corrected chi connectivity index (χ3v) is 7.92. The summed E-state index contributed by atoms with van der Waals surface area (Å²) in [5.74, 6) is 1.20. The Morgan fingerprint density at radius 3 is 2.46 bits per heavy atom. The zero-order valence-electron chi connectivity index (χ0n) is 22.4. The number of pyridine rings is 1. The summed E-state index contributed by atoms with van der Waals surface area (Å²) >= 11 is 0. The fourth-order valence-electron chi connectivity index (χ4n) is 5.63. The van der Waals surface area contributed by atoms with Crippen molar-refractivity contribution in [3.8, 4) is 11.1 Å². The first-order chi connectivity index (χ1) is 18.6. The number of aryl methyl sites for hydroxylation is 1. The Bertz CT molecular complexity index is 1180. The first-order valence-electron chi connectivity index (χ1n) is 13.6. The first kappa shape index (κ1) is 27.5. The second-order valence-corrected chi connectivity index (χ2v) is 11.0. The summed E-state index contributed by atoms with van der Waals surface area (Å²) in [5.41, 5.74) is 3.46. The summed E-state index contributed by atoms with van der Waals surface area (Å²) in [6, 6.07) is 9.31. The Balaban J connectivity index is 1.39. The maximum Gasteiger partial charge on any atom is 0.389 e. The topological polar surface area (TPSA) is 81.2 Å². The van der Waals surface area contributed by atoms with Gasteiger partial charge < -0.3 is 29.9 Å². The summed E-state index contributed by atoms with van der Waals surface area (Å²) in [5, 5.41) is 13.2. The number of urea groups is 1. The number of rotatable bonds is 5. The molecule has 2 amide bonds. The van der Waals surface area contributed by atoms with Gasteiger partial charge in [0, 0.05) is 57.3 Å². The number of aliphatic hydroxyl groups is 1. The number of benzene rings is 1. The zero-order chi connectivity index (χ0) is 27.7. The van der Waals surface area contributed by atoms with Crippen LogP contribution in [-0.2, 0) is 4.74 Å². The monoisotopic (exact) mass is 547 g/mol. The van der Waals surface area contributed by atoms with Crippen LogP contribution in [0.4, 0.5) is 35.3 Å². The molecule has 0 saturated carbocycles. The molecule has 4 heterocycles. The number of hydrogen-bond acceptors (Lipinski definition) is 6. The van der Waals surface area contributed by atoms with Crippen molar-refractivity contribution in [1.82, 2.24) is 9.88 Å². The van der Waals surface area contributed by atoms with Gasteiger partial charge in [-0.2, -0.15) is 13.2 Å². The predicted octanol–water partition coefficient (Wildman–Crippen LogP) is 4.52. The molecule has 1 aromatic carbocycles. The van der Waals surface area contributed by atoms with Crippen molar-refractivity contribution in [3.05, 3.63) is 35.9 Å². The van der Waals surface area contributed by atoms with Crippen LogP contribution < -0.4 is 15.1 Å². The lowest BCUT2D eigenvalue weighted by Crippen LogP contribution is -2.37. The number of halogens is 3. The largest absolute Gasteiger partial charge is 0.391 e. The van der Waals surface area contributed by atoms with Crippen molar-refractivity contribution < 1.29 is 27.8 Å². The lowest BCUT2D eigenvalue weighted by Gasteiger charge is -2.29. The highest BCUT2D eigenvalue weighted by Crippen LogP contribution is 2.35. The molecule has 3 fully saturated rings. The van der Waals surface area contributed by atoms with Crippen LogP contribution in [0.1, 0.15) is 25.3 Å². The number of amides is 2. The van der Waals surface area contributed by atoms with Crippen LogP contribution in [-0.4, -0.2) is 85.8 Å². The molecule has 0 bridgehead atoms. The van der Waals surface area contributed by atoms with Crippen LogP contribution in [0.5, 0.6) is 0 Å². The second kappa shape index (κ2) is 11.2. The quantitative estimate of drug-likeness (QED) is 0.573. The maximum absolute atomic E-state index is 12.9. The molecule has 3 aliphatic rings. The first-order valence-corrected chi connectivity index (χ1v) is 13.6. The Morgan fingerprint density at radius 1 is 1.08 bits per heavy atom. The molecular weight excluding hydrogens is 511 g/mol. The van der Waals surface area contributed by atoms with Gasteiger partial charge in [0.1, 0.15) is 11.6 Å². The molecule has 0 spiro atoms. The van der Waals surface area contributed by atoms with E-state index in [4.69, 9.17) is 9.72 Å². The number of carbonyl (C=O) groups is 1. The second-order valence-electron chi connectivity index (χ2n) is 11.0. The molecule has 0 radical (unpaired) electrons. The number of anilines is 3. The number of carbonyl (C=O) groups excluding carboxylic acids is 1. The molecule has 2 aromatic rings. The number of likely N-dealkylation sites (tertiary alicyclic amines) is 1. The maximum atomic E-state index is 12.9. The van der Waals surface area contributed by atoms with Crippen molar-refractivity contribution >= 4 is 23.4 Å². The minimum absolute atomic E-state index is 0.0980. The van der Waals surface area contributed by atoms with Crippen molar-refractivity contribution in [2.24, 2.45) is 11.8 Å². The van der Waals surface area contributed by atoms with Crippen LogP contribution in [0, 0.1) is 18.8 Å². The Kier molecular flexibility index (Phi) is 7.91. The molecule has 2 N–H and O–H groups in total. The number of morpholine rings is 1. The van der Waals surface area contributed by atoms with E-state index in [1.807, 2.05) is 44.2 Å². The summed E-state index contributed by atoms with van der Waals surface area (Å²) < 4.78 is 43.9. The van der Waals surface area contributed by atoms with Gasteiger partial charge >= 0.3 is 12.2 Å². The van der Waals surface area contributed by atoms with Gasteiger partial charge in [0.05, 0.1) is 19.3 Å². The molecule has 0 unspecified atom stereocenters. The van der Waals surface area contributed by atoms with E-state index in [9.17, 15) is 23.1 Å². The van der Waals surface area contributed by atoms with Gasteiger partial charge in [-0.25, -0.2) is 9.78 Å². The van der Waals surface area contributed by atoms with E-state index in [2.05, 4.69) is 15.1 Å². The number of hydrogen-bond donors (Lipinski definition) is 2. The lowest BCUT2D eigenvalue weighted by molar-refractivity contribution is -0.143. The summed E-state index contributed by atoms with van der Waals surface area (Å²) in [6.07, 6.45) is -5.16. The van der Waals surface area contributed by atoms with Gasteiger partial charge in [0.15, 0.2) is 0 Å². The molecule has 1 aromatic heterocycles. The molecule has 3 aliphatic heterocycles. The SMILES string of the molecule is Cc1ccc(NC(=O)N2CC[C@@H](CC(F)(F)F)C2)cc1-c1cc(N2CCOCC2)nc(N2C[C@@H](C)[C@H](O)C2)c1. The highest BCUT2D eigenvalue weighted by Gasteiger charge is 2.36. The van der Waals surface area contributed by atoms with Gasteiger partial charge in [-0.05, 0) is 60.2 Å². The Labute approximate surface area is 226 Å². The minimum atomic E-state index is -4.22. The van der Waals surface area contributed by atoms with Crippen LogP contribution in [0.2, 0.25) is 0 Å². The number of aromatic nitrogens is 1. The normalized spacial score (nSPS) is 23.9. The number of aliphatic hydroxyl groups excluding tert-OH is 1. The van der Waals surface area contributed by atoms with Gasteiger partial charge in [0.2, 0.25) is 0 Å². The van der Waals surface area contributed by atoms with E-state index in [1.165, 1.54) is 4.90 Å². The molecule has 5 rings (SSSR count). The Morgan fingerprint density at radius 2 is 1.79 bits per heavy atom. The summed E-state index contributed by atoms with van der Waals surface area (Å²) in [4.78, 5) is 23.6. The molecule has 3 saturated heterocycles. The van der Waals surface area contributed by atoms with E-state index in [1.54, 1.807) is 0 Å². The van der Waals surface area contributed by atoms with Gasteiger partial charge in [-0.3, -0.25) is 0 Å². The molecule has 212 valence electrons. The highest BCUT2D eigenvalue weighted by molar-refractivity contribution is 5.91. The summed E-state index contributed by atoms with van der Waals surface area (Å²) in [6.45, 7) is 8.37. The standard InChI is InChI=1S/C28H36F3N5O3/c1-18-3-4-22(32-27(38)35-6-5-20(16-35)14-28(29,30)31)13-23(18)21-11-25(34-7-9-39-10-8-34)33-26(12-21)36-15-19(2)24(37)17-36/h3-4,11-13,19-20,24,37H,5-10,14-17H2,1-2H3,(H,32,38)/t19-,20+,24-/m1/s1. The smallest absolute Gasteiger partial charge is 0.389 e. The van der Waals surface area contributed by atoms with E-state index in [0.29, 0.717) is 45.0 Å². The fourth-order valence-corrected chi connectivity index (χ4v) is 5.63. The van der Waals surface area contributed by atoms with Crippen molar-refractivity contribution in [3.63, 3.8) is 0 Å². The fraction of sp³-hybridized carbons (Fsp3) is 0.571. The lowest BCUT2D eigenvalue weighted by atomic mass is 10.00. The number of alkyl halides is 3. The van der Waals surface area contributed by atoms with E-state index in [-0.39, 0.29) is 18.5 Å². The summed E-state index contributed by atoms with van der Waals surface area (Å²) in [7, 11) is 0. The van der Waals surface area contributed by atoms with E-state index in [0.717, 1.165) is 41.4 Å². The van der Waals surface area contributed by atoms with Crippen molar-refractivity contribution in [1.29, 1.82) is 0 Å². The van der Waals surface area contributed by atoms with Gasteiger partial charge in [-0.15, -0.1) is 0 Å². The van der Waals surface area contributed by atoms with E-state index < -0.39 is 24.6 Å². The number of β-amino-alcohol motifs (C(OH)–C–C–N with tert-alkyl or cyclic N) is 1. The third kappa shape index (κ3) is 6.58. The van der Waals surface area contributed by atoms with Crippen molar-refractivity contribution in [2.45, 2.75) is 39.0 Å². The van der Waals surface area contributed by atoms with Gasteiger partial charge in [-0.1, -0.05) is 13.0 Å². The minimum Gasteiger partial charge on any atom is -0.391 e. The van der Waals surface area contributed by atoms with Crippen LogP contribution in [0.15, 0.2) is 30.3 Å². The highest BCUT2D eigenvalue weighted by atomic mass is 19.4. The van der Waals surface area contributed by atoms with Crippen LogP contribution in [0.3, 0.4) is 0 Å². The Hall–Kier alpha value is -3.05. The van der Waals surface area contributed by atoms with Crippen LogP contribution >= 0.6 is 0 Å².